The first-order valence-electron chi connectivity index (χ1n) is 7.77. The molecule has 0 aromatic rings. The van der Waals surface area contributed by atoms with E-state index in [1.807, 2.05) is 0 Å². The van der Waals surface area contributed by atoms with E-state index in [0.29, 0.717) is 0 Å². The van der Waals surface area contributed by atoms with Gasteiger partial charge in [0.2, 0.25) is 0 Å². The number of hydrogen-bond acceptors (Lipinski definition) is 0. The van der Waals surface area contributed by atoms with Crippen LogP contribution in [0.25, 0.3) is 0 Å². The molecule has 1 saturated carbocycles. The van der Waals surface area contributed by atoms with Gasteiger partial charge in [-0.2, -0.15) is 0 Å². The molecule has 0 spiro atoms. The minimum atomic E-state index is 1.01. The summed E-state index contributed by atoms with van der Waals surface area (Å²) in [5.41, 5.74) is 0. The van der Waals surface area contributed by atoms with Crippen molar-refractivity contribution in [2.75, 3.05) is 0 Å². The molecule has 1 fully saturated rings. The molecular weight excluding hydrogens is 192 g/mol. The monoisotopic (exact) mass is 224 g/mol. The lowest BCUT2D eigenvalue weighted by Crippen LogP contribution is -2.00. The zero-order valence-electron chi connectivity index (χ0n) is 11.8. The van der Waals surface area contributed by atoms with Gasteiger partial charge in [0, 0.05) is 0 Å². The smallest absolute Gasteiger partial charge is 0.0388 e. The van der Waals surface area contributed by atoms with Crippen molar-refractivity contribution in [3.05, 3.63) is 0 Å². The van der Waals surface area contributed by atoms with Crippen LogP contribution in [0.5, 0.6) is 0 Å². The van der Waals surface area contributed by atoms with E-state index in [4.69, 9.17) is 0 Å². The Balaban J connectivity index is 1.98. The zero-order chi connectivity index (χ0) is 11.8. The fraction of sp³-hybridized carbons (Fsp3) is 1.00. The molecule has 0 aromatic heterocycles. The lowest BCUT2D eigenvalue weighted by atomic mass is 9.95. The Kier molecular flexibility index (Phi) is 7.16. The zero-order valence-corrected chi connectivity index (χ0v) is 11.8. The summed E-state index contributed by atoms with van der Waals surface area (Å²) in [6.45, 7) is 7.13. The maximum Gasteiger partial charge on any atom is -0.0388 e. The molecule has 1 unspecified atom stereocenters. The topological polar surface area (TPSA) is 0 Å². The molecule has 0 aromatic carbocycles. The fourth-order valence-corrected chi connectivity index (χ4v) is 3.49. The van der Waals surface area contributed by atoms with E-state index in [0.717, 1.165) is 17.8 Å². The Bertz CT molecular complexity index is 161. The van der Waals surface area contributed by atoms with E-state index < -0.39 is 0 Å². The average molecular weight is 224 g/mol. The summed E-state index contributed by atoms with van der Waals surface area (Å²) in [7, 11) is 0. The van der Waals surface area contributed by atoms with Crippen molar-refractivity contribution in [2.45, 2.75) is 85.0 Å². The third-order valence-corrected chi connectivity index (χ3v) is 4.64. The molecule has 0 aliphatic heterocycles. The van der Waals surface area contributed by atoms with Crippen LogP contribution in [-0.2, 0) is 0 Å². The van der Waals surface area contributed by atoms with E-state index in [-0.39, 0.29) is 0 Å². The van der Waals surface area contributed by atoms with Crippen molar-refractivity contribution < 1.29 is 0 Å². The van der Waals surface area contributed by atoms with E-state index in [2.05, 4.69) is 20.8 Å². The minimum Gasteiger partial charge on any atom is -0.0654 e. The second-order valence-corrected chi connectivity index (χ2v) is 6.04. The van der Waals surface area contributed by atoms with Gasteiger partial charge in [-0.25, -0.2) is 0 Å². The van der Waals surface area contributed by atoms with Crippen LogP contribution >= 0.6 is 0 Å². The minimum absolute atomic E-state index is 1.01. The second-order valence-electron chi connectivity index (χ2n) is 6.04. The second kappa shape index (κ2) is 8.14. The molecule has 0 bridgehead atoms. The molecule has 0 saturated heterocycles. The number of hydrogen-bond donors (Lipinski definition) is 0. The van der Waals surface area contributed by atoms with Crippen molar-refractivity contribution in [3.8, 4) is 0 Å². The number of unbranched alkanes of at least 4 members (excludes halogenated alkanes) is 5. The van der Waals surface area contributed by atoms with Crippen molar-refractivity contribution in [1.82, 2.24) is 0 Å². The standard InChI is InChI=1S/C16H32/c1-4-6-7-8-9-10-11-15-12-14(3)16(5-2)13-15/h14-16H,4-13H2,1-3H3/t14-,15+,16?/m0/s1. The summed E-state index contributed by atoms with van der Waals surface area (Å²) in [5, 5.41) is 0. The summed E-state index contributed by atoms with van der Waals surface area (Å²) in [5.74, 6) is 3.13. The first kappa shape index (κ1) is 14.1. The molecular formula is C16H32. The van der Waals surface area contributed by atoms with Crippen LogP contribution in [0.4, 0.5) is 0 Å². The Labute approximate surface area is 103 Å². The molecule has 1 aliphatic carbocycles. The molecule has 0 heteroatoms. The highest BCUT2D eigenvalue weighted by molar-refractivity contribution is 4.80. The summed E-state index contributed by atoms with van der Waals surface area (Å²) in [4.78, 5) is 0. The van der Waals surface area contributed by atoms with Crippen LogP contribution in [-0.4, -0.2) is 0 Å². The predicted octanol–water partition coefficient (Wildman–Crippen LogP) is 5.81. The van der Waals surface area contributed by atoms with Gasteiger partial charge in [-0.3, -0.25) is 0 Å². The van der Waals surface area contributed by atoms with E-state index in [1.165, 1.54) is 64.2 Å². The highest BCUT2D eigenvalue weighted by atomic mass is 14.3. The van der Waals surface area contributed by atoms with Crippen LogP contribution in [0.2, 0.25) is 0 Å². The quantitative estimate of drug-likeness (QED) is 0.456. The van der Waals surface area contributed by atoms with E-state index in [9.17, 15) is 0 Å². The molecule has 0 radical (unpaired) electrons. The van der Waals surface area contributed by atoms with Crippen LogP contribution in [0.3, 0.4) is 0 Å². The Morgan fingerprint density at radius 2 is 1.56 bits per heavy atom. The Hall–Kier alpha value is 0. The largest absolute Gasteiger partial charge is 0.0654 e. The van der Waals surface area contributed by atoms with Gasteiger partial charge in [-0.15, -0.1) is 0 Å². The van der Waals surface area contributed by atoms with E-state index in [1.54, 1.807) is 0 Å². The van der Waals surface area contributed by atoms with Crippen molar-refractivity contribution in [3.63, 3.8) is 0 Å². The first-order valence-corrected chi connectivity index (χ1v) is 7.77. The summed E-state index contributed by atoms with van der Waals surface area (Å²) >= 11 is 0. The van der Waals surface area contributed by atoms with Gasteiger partial charge in [0.25, 0.3) is 0 Å². The third kappa shape index (κ3) is 4.89. The van der Waals surface area contributed by atoms with E-state index >= 15 is 0 Å². The van der Waals surface area contributed by atoms with Gasteiger partial charge >= 0.3 is 0 Å². The summed E-state index contributed by atoms with van der Waals surface area (Å²) in [6, 6.07) is 0. The molecule has 96 valence electrons. The highest BCUT2D eigenvalue weighted by Crippen LogP contribution is 2.40. The average Bonchev–Trinajstić information content (AvgIpc) is 2.64. The maximum atomic E-state index is 2.47. The fourth-order valence-electron chi connectivity index (χ4n) is 3.49. The first-order chi connectivity index (χ1) is 7.77. The molecule has 1 aliphatic rings. The summed E-state index contributed by atoms with van der Waals surface area (Å²) < 4.78 is 0. The van der Waals surface area contributed by atoms with Crippen LogP contribution in [0.15, 0.2) is 0 Å². The number of rotatable bonds is 8. The molecule has 0 nitrogen and oxygen atoms in total. The van der Waals surface area contributed by atoms with Gasteiger partial charge in [0.05, 0.1) is 0 Å². The van der Waals surface area contributed by atoms with Gasteiger partial charge in [-0.05, 0) is 30.6 Å². The molecule has 0 N–H and O–H groups in total. The third-order valence-electron chi connectivity index (χ3n) is 4.64. The van der Waals surface area contributed by atoms with Crippen molar-refractivity contribution >= 4 is 0 Å². The molecule has 1 rings (SSSR count). The lowest BCUT2D eigenvalue weighted by molar-refractivity contribution is 0.405. The van der Waals surface area contributed by atoms with Crippen molar-refractivity contribution in [2.24, 2.45) is 17.8 Å². The van der Waals surface area contributed by atoms with Crippen LogP contribution in [0, 0.1) is 17.8 Å². The SMILES string of the molecule is CCCCCCCC[C@H]1CC(CC)[C@@H](C)C1. The maximum absolute atomic E-state index is 2.47. The Morgan fingerprint density at radius 1 is 0.875 bits per heavy atom. The van der Waals surface area contributed by atoms with Gasteiger partial charge in [-0.1, -0.05) is 72.1 Å². The molecule has 0 heterocycles. The predicted molar refractivity (Wildman–Crippen MR) is 73.7 cm³/mol. The summed E-state index contributed by atoms with van der Waals surface area (Å²) in [6.07, 6.45) is 14.7. The van der Waals surface area contributed by atoms with Crippen molar-refractivity contribution in [1.29, 1.82) is 0 Å². The molecule has 0 amide bonds. The Morgan fingerprint density at radius 3 is 2.19 bits per heavy atom. The highest BCUT2D eigenvalue weighted by Gasteiger charge is 2.29. The normalized spacial score (nSPS) is 29.8. The van der Waals surface area contributed by atoms with Gasteiger partial charge in [0.15, 0.2) is 0 Å². The van der Waals surface area contributed by atoms with Crippen LogP contribution in [0.1, 0.15) is 85.0 Å². The van der Waals surface area contributed by atoms with Gasteiger partial charge in [0.1, 0.15) is 0 Å². The lowest BCUT2D eigenvalue weighted by Gasteiger charge is -2.10. The van der Waals surface area contributed by atoms with Gasteiger partial charge < -0.3 is 0 Å². The molecule has 3 atom stereocenters. The molecule has 16 heavy (non-hydrogen) atoms. The van der Waals surface area contributed by atoms with Crippen LogP contribution < -0.4 is 0 Å².